The van der Waals surface area contributed by atoms with Gasteiger partial charge in [-0.05, 0) is 50.3 Å². The standard InChI is InChI=1S/C16H23NO/c1-12(13(2)18-3)16-11-15(9-10-17-16)14-7-5-4-6-8-14/h9-11,14H,4-8H2,1-3H3/b13-12-. The zero-order valence-electron chi connectivity index (χ0n) is 11.7. The summed E-state index contributed by atoms with van der Waals surface area (Å²) in [5, 5.41) is 0. The summed E-state index contributed by atoms with van der Waals surface area (Å²) in [6, 6.07) is 4.42. The molecule has 0 N–H and O–H groups in total. The molecule has 2 heteroatoms. The zero-order valence-corrected chi connectivity index (χ0v) is 11.7. The predicted octanol–water partition coefficient (Wildman–Crippen LogP) is 4.53. The number of hydrogen-bond acceptors (Lipinski definition) is 2. The van der Waals surface area contributed by atoms with Gasteiger partial charge in [0.15, 0.2) is 0 Å². The quantitative estimate of drug-likeness (QED) is 0.730. The maximum Gasteiger partial charge on any atom is 0.0975 e. The van der Waals surface area contributed by atoms with Gasteiger partial charge in [0.2, 0.25) is 0 Å². The molecule has 0 amide bonds. The van der Waals surface area contributed by atoms with E-state index in [9.17, 15) is 0 Å². The van der Waals surface area contributed by atoms with E-state index in [1.807, 2.05) is 13.1 Å². The molecule has 1 aliphatic rings. The lowest BCUT2D eigenvalue weighted by Crippen LogP contribution is -2.05. The first-order valence-electron chi connectivity index (χ1n) is 6.90. The third kappa shape index (κ3) is 2.92. The molecule has 1 aromatic heterocycles. The van der Waals surface area contributed by atoms with Crippen LogP contribution in [0.4, 0.5) is 0 Å². The second kappa shape index (κ2) is 6.03. The summed E-state index contributed by atoms with van der Waals surface area (Å²) in [6.45, 7) is 4.07. The van der Waals surface area contributed by atoms with Crippen molar-refractivity contribution < 1.29 is 4.74 Å². The van der Waals surface area contributed by atoms with E-state index in [1.54, 1.807) is 7.11 Å². The summed E-state index contributed by atoms with van der Waals surface area (Å²) in [5.74, 6) is 1.68. The van der Waals surface area contributed by atoms with Crippen molar-refractivity contribution in [3.05, 3.63) is 35.3 Å². The number of hydrogen-bond donors (Lipinski definition) is 0. The fourth-order valence-corrected chi connectivity index (χ4v) is 2.68. The van der Waals surface area contributed by atoms with Gasteiger partial charge in [-0.2, -0.15) is 0 Å². The van der Waals surface area contributed by atoms with Gasteiger partial charge >= 0.3 is 0 Å². The van der Waals surface area contributed by atoms with Crippen LogP contribution in [0.3, 0.4) is 0 Å². The third-order valence-electron chi connectivity index (χ3n) is 4.08. The normalized spacial score (nSPS) is 18.4. The molecule has 1 aromatic rings. The first-order valence-corrected chi connectivity index (χ1v) is 6.90. The van der Waals surface area contributed by atoms with E-state index in [0.29, 0.717) is 0 Å². The maximum atomic E-state index is 5.29. The van der Waals surface area contributed by atoms with E-state index in [0.717, 1.165) is 22.9 Å². The Kier molecular flexibility index (Phi) is 4.40. The number of aromatic nitrogens is 1. The molecule has 1 heterocycles. The number of ether oxygens (including phenoxy) is 1. The summed E-state index contributed by atoms with van der Waals surface area (Å²) in [4.78, 5) is 4.47. The van der Waals surface area contributed by atoms with Gasteiger partial charge in [0.25, 0.3) is 0 Å². The molecule has 1 aliphatic carbocycles. The Labute approximate surface area is 110 Å². The molecule has 1 saturated carbocycles. The first kappa shape index (κ1) is 13.1. The van der Waals surface area contributed by atoms with Gasteiger partial charge in [-0.15, -0.1) is 0 Å². The lowest BCUT2D eigenvalue weighted by molar-refractivity contribution is 0.295. The van der Waals surface area contributed by atoms with Crippen LogP contribution in [0.1, 0.15) is 63.1 Å². The smallest absolute Gasteiger partial charge is 0.0975 e. The van der Waals surface area contributed by atoms with E-state index >= 15 is 0 Å². The highest BCUT2D eigenvalue weighted by atomic mass is 16.5. The van der Waals surface area contributed by atoms with Crippen LogP contribution in [0, 0.1) is 0 Å². The molecule has 0 saturated heterocycles. The average Bonchev–Trinajstić information content (AvgIpc) is 2.46. The molecular formula is C16H23NO. The van der Waals surface area contributed by atoms with E-state index in [4.69, 9.17) is 4.74 Å². The second-order valence-electron chi connectivity index (χ2n) is 5.19. The van der Waals surface area contributed by atoms with Crippen molar-refractivity contribution in [3.8, 4) is 0 Å². The van der Waals surface area contributed by atoms with Gasteiger partial charge in [-0.3, -0.25) is 4.98 Å². The second-order valence-corrected chi connectivity index (χ2v) is 5.19. The van der Waals surface area contributed by atoms with Crippen molar-refractivity contribution in [2.24, 2.45) is 0 Å². The Morgan fingerprint density at radius 1 is 1.22 bits per heavy atom. The predicted molar refractivity (Wildman–Crippen MR) is 75.3 cm³/mol. The summed E-state index contributed by atoms with van der Waals surface area (Å²) in [7, 11) is 1.71. The molecule has 98 valence electrons. The number of methoxy groups -OCH3 is 1. The molecule has 0 bridgehead atoms. The highest BCUT2D eigenvalue weighted by molar-refractivity contribution is 5.62. The topological polar surface area (TPSA) is 22.1 Å². The monoisotopic (exact) mass is 245 g/mol. The van der Waals surface area contributed by atoms with Gasteiger partial charge < -0.3 is 4.74 Å². The van der Waals surface area contributed by atoms with Gasteiger partial charge in [-0.25, -0.2) is 0 Å². The number of nitrogens with zero attached hydrogens (tertiary/aromatic N) is 1. The van der Waals surface area contributed by atoms with Gasteiger partial charge in [0.05, 0.1) is 18.6 Å². The SMILES string of the molecule is CO/C(C)=C(/C)c1cc(C2CCCCC2)ccn1. The number of allylic oxidation sites excluding steroid dienone is 2. The fraction of sp³-hybridized carbons (Fsp3) is 0.562. The van der Waals surface area contributed by atoms with Crippen LogP contribution < -0.4 is 0 Å². The Hall–Kier alpha value is -1.31. The molecule has 2 nitrogen and oxygen atoms in total. The largest absolute Gasteiger partial charge is 0.501 e. The van der Waals surface area contributed by atoms with E-state index in [-0.39, 0.29) is 0 Å². The minimum absolute atomic E-state index is 0.733. The minimum Gasteiger partial charge on any atom is -0.501 e. The highest BCUT2D eigenvalue weighted by Crippen LogP contribution is 2.33. The third-order valence-corrected chi connectivity index (χ3v) is 4.08. The summed E-state index contributed by atoms with van der Waals surface area (Å²) in [5.41, 5.74) is 3.63. The zero-order chi connectivity index (χ0) is 13.0. The molecular weight excluding hydrogens is 222 g/mol. The van der Waals surface area contributed by atoms with E-state index in [1.165, 1.54) is 37.7 Å². The Morgan fingerprint density at radius 2 is 1.94 bits per heavy atom. The first-order chi connectivity index (χ1) is 8.72. The molecule has 0 aliphatic heterocycles. The highest BCUT2D eigenvalue weighted by Gasteiger charge is 2.16. The molecule has 0 atom stereocenters. The summed E-state index contributed by atoms with van der Waals surface area (Å²) in [6.07, 6.45) is 8.73. The van der Waals surface area contributed by atoms with Crippen molar-refractivity contribution in [2.45, 2.75) is 51.9 Å². The van der Waals surface area contributed by atoms with Gasteiger partial charge in [0.1, 0.15) is 0 Å². The maximum absolute atomic E-state index is 5.29. The molecule has 0 unspecified atom stereocenters. The number of rotatable bonds is 3. The Morgan fingerprint density at radius 3 is 2.61 bits per heavy atom. The van der Waals surface area contributed by atoms with Crippen LogP contribution in [-0.4, -0.2) is 12.1 Å². The lowest BCUT2D eigenvalue weighted by Gasteiger charge is -2.22. The molecule has 1 fully saturated rings. The fourth-order valence-electron chi connectivity index (χ4n) is 2.68. The molecule has 0 spiro atoms. The van der Waals surface area contributed by atoms with Crippen LogP contribution in [0.15, 0.2) is 24.1 Å². The van der Waals surface area contributed by atoms with Crippen LogP contribution in [0.5, 0.6) is 0 Å². The van der Waals surface area contributed by atoms with E-state index in [2.05, 4.69) is 24.0 Å². The summed E-state index contributed by atoms with van der Waals surface area (Å²) < 4.78 is 5.29. The van der Waals surface area contributed by atoms with Crippen molar-refractivity contribution in [1.82, 2.24) is 4.98 Å². The van der Waals surface area contributed by atoms with Crippen LogP contribution >= 0.6 is 0 Å². The number of pyridine rings is 1. The van der Waals surface area contributed by atoms with Crippen LogP contribution in [-0.2, 0) is 4.74 Å². The molecule has 2 rings (SSSR count). The Bertz CT molecular complexity index is 430. The Balaban J connectivity index is 2.24. The van der Waals surface area contributed by atoms with Gasteiger partial charge in [-0.1, -0.05) is 19.3 Å². The van der Waals surface area contributed by atoms with Crippen LogP contribution in [0.25, 0.3) is 5.57 Å². The van der Waals surface area contributed by atoms with Crippen molar-refractivity contribution >= 4 is 5.57 Å². The van der Waals surface area contributed by atoms with Crippen molar-refractivity contribution in [3.63, 3.8) is 0 Å². The lowest BCUT2D eigenvalue weighted by atomic mass is 9.84. The van der Waals surface area contributed by atoms with Crippen molar-refractivity contribution in [2.75, 3.05) is 7.11 Å². The molecule has 0 aromatic carbocycles. The minimum atomic E-state index is 0.733. The van der Waals surface area contributed by atoms with Crippen LogP contribution in [0.2, 0.25) is 0 Å². The summed E-state index contributed by atoms with van der Waals surface area (Å²) >= 11 is 0. The van der Waals surface area contributed by atoms with Gasteiger partial charge in [0, 0.05) is 11.8 Å². The van der Waals surface area contributed by atoms with E-state index < -0.39 is 0 Å². The average molecular weight is 245 g/mol. The molecule has 0 radical (unpaired) electrons. The molecule has 18 heavy (non-hydrogen) atoms. The van der Waals surface area contributed by atoms with Crippen molar-refractivity contribution in [1.29, 1.82) is 0 Å².